The molecule has 14 heteroatoms. The van der Waals surface area contributed by atoms with Crippen molar-refractivity contribution in [1.29, 1.82) is 0 Å². The zero-order chi connectivity index (χ0) is 45.6. The van der Waals surface area contributed by atoms with Crippen molar-refractivity contribution in [3.63, 3.8) is 0 Å². The number of esters is 2. The van der Waals surface area contributed by atoms with E-state index in [1.54, 1.807) is 4.90 Å². The molecular weight excluding hydrogens is 841 g/mol. The van der Waals surface area contributed by atoms with Crippen molar-refractivity contribution >= 4 is 53.7 Å². The first-order chi connectivity index (χ1) is 29.2. The van der Waals surface area contributed by atoms with E-state index in [9.17, 15) is 24.0 Å². The van der Waals surface area contributed by atoms with Gasteiger partial charge in [0.1, 0.15) is 12.1 Å². The average molecular weight is 921 g/mol. The van der Waals surface area contributed by atoms with E-state index in [1.165, 1.54) is 27.1 Å². The fourth-order valence-corrected chi connectivity index (χ4v) is 10.8. The summed E-state index contributed by atoms with van der Waals surface area (Å²) < 4.78 is 10.0. The molecule has 5 aliphatic rings. The van der Waals surface area contributed by atoms with Gasteiger partial charge >= 0.3 is 11.9 Å². The number of likely N-dealkylation sites (tertiary alicyclic amines) is 2. The number of nitrogens with zero attached hydrogens (tertiary/aromatic N) is 4. The molecule has 1 N–H and O–H groups in total. The molecule has 0 unspecified atom stereocenters. The number of amides is 3. The molecule has 3 aliphatic heterocycles. The molecule has 3 amide bonds. The molecule has 2 aliphatic carbocycles. The molecule has 3 saturated heterocycles. The van der Waals surface area contributed by atoms with Crippen LogP contribution in [0.5, 0.6) is 0 Å². The maximum absolute atomic E-state index is 14.5. The standard InChI is InChI=1S/C32H48ClN3O4.C17H30N2O3.ClH/c1-20(2)29(37)36(24-14-8-21(3)9-15-24)25-16-28(31(39)40-7)35(17-25)30(38)27-19-34(32(4,5)6)18-26(27)22-10-12-23(33)13-11-22;1-11(2)16(20)19(13-7-5-12(3)6-8-13)14-9-15(18-10-14)17(21)22-4;/h10-13,20-21,24-28H,8-9,14-19H2,1-7H3;11-15,18H,5-10H2,1-4H3;1H/t21?,24?,25-,26-,27+,28-;12?,13?,14-,15-;/m00./s1. The van der Waals surface area contributed by atoms with Gasteiger partial charge in [0.05, 0.1) is 26.2 Å². The molecule has 63 heavy (non-hydrogen) atoms. The van der Waals surface area contributed by atoms with E-state index in [0.29, 0.717) is 49.5 Å². The number of nitrogens with one attached hydrogen (secondary N) is 1. The number of halogens is 2. The molecule has 12 nitrogen and oxygen atoms in total. The molecule has 356 valence electrons. The smallest absolute Gasteiger partial charge is 0.328 e. The molecule has 0 aromatic heterocycles. The van der Waals surface area contributed by atoms with Crippen molar-refractivity contribution in [1.82, 2.24) is 24.9 Å². The van der Waals surface area contributed by atoms with Crippen molar-refractivity contribution in [3.8, 4) is 0 Å². The summed E-state index contributed by atoms with van der Waals surface area (Å²) in [6.45, 7) is 21.3. The largest absolute Gasteiger partial charge is 0.468 e. The summed E-state index contributed by atoms with van der Waals surface area (Å²) in [6, 6.07) is 7.19. The molecule has 0 bridgehead atoms. The van der Waals surface area contributed by atoms with Crippen LogP contribution < -0.4 is 5.32 Å². The predicted molar refractivity (Wildman–Crippen MR) is 251 cm³/mol. The van der Waals surface area contributed by atoms with Crippen LogP contribution in [0, 0.1) is 29.6 Å². The van der Waals surface area contributed by atoms with E-state index in [1.807, 2.05) is 56.9 Å². The molecule has 1 aromatic rings. The lowest BCUT2D eigenvalue weighted by atomic mass is 9.85. The Morgan fingerprint density at radius 3 is 1.65 bits per heavy atom. The summed E-state index contributed by atoms with van der Waals surface area (Å²) in [7, 11) is 2.79. The Balaban J connectivity index is 0.000000321. The molecule has 0 spiro atoms. The minimum absolute atomic E-state index is 0. The lowest BCUT2D eigenvalue weighted by Gasteiger charge is -2.41. The number of benzene rings is 1. The van der Waals surface area contributed by atoms with Gasteiger partial charge in [-0.1, -0.05) is 65.3 Å². The summed E-state index contributed by atoms with van der Waals surface area (Å²) in [4.78, 5) is 73.8. The average Bonchev–Trinajstić information content (AvgIpc) is 4.02. The van der Waals surface area contributed by atoms with E-state index in [2.05, 4.69) is 49.7 Å². The minimum Gasteiger partial charge on any atom is -0.468 e. The number of ether oxygens (including phenoxy) is 2. The summed E-state index contributed by atoms with van der Waals surface area (Å²) >= 11 is 6.19. The lowest BCUT2D eigenvalue weighted by Crippen LogP contribution is -2.51. The number of hydrogen-bond donors (Lipinski definition) is 1. The fraction of sp³-hybridized carbons (Fsp3) is 0.776. The molecule has 6 rings (SSSR count). The summed E-state index contributed by atoms with van der Waals surface area (Å²) in [5, 5.41) is 3.88. The fourth-order valence-electron chi connectivity index (χ4n) is 10.7. The number of carbonyl (C=O) groups excluding carboxylic acids is 5. The predicted octanol–water partition coefficient (Wildman–Crippen LogP) is 7.73. The Labute approximate surface area is 389 Å². The molecule has 5 fully saturated rings. The maximum atomic E-state index is 14.5. The second-order valence-corrected chi connectivity index (χ2v) is 21.2. The van der Waals surface area contributed by atoms with Gasteiger partial charge in [-0.25, -0.2) is 4.79 Å². The van der Waals surface area contributed by atoms with Gasteiger partial charge in [0.2, 0.25) is 17.7 Å². The van der Waals surface area contributed by atoms with Crippen molar-refractivity contribution in [2.45, 2.75) is 174 Å². The molecule has 3 heterocycles. The van der Waals surface area contributed by atoms with Crippen LogP contribution in [0.1, 0.15) is 138 Å². The first-order valence-corrected chi connectivity index (χ1v) is 24.0. The van der Waals surface area contributed by atoms with Gasteiger partial charge in [0.15, 0.2) is 0 Å². The van der Waals surface area contributed by atoms with Crippen LogP contribution in [0.15, 0.2) is 24.3 Å². The van der Waals surface area contributed by atoms with Gasteiger partial charge in [-0.05, 0) is 108 Å². The first-order valence-electron chi connectivity index (χ1n) is 23.6. The van der Waals surface area contributed by atoms with E-state index in [0.717, 1.165) is 56.6 Å². The zero-order valence-electron chi connectivity index (χ0n) is 40.1. The van der Waals surface area contributed by atoms with Crippen LogP contribution in [0.2, 0.25) is 5.02 Å². The van der Waals surface area contributed by atoms with Gasteiger partial charge < -0.3 is 29.5 Å². The molecule has 6 atom stereocenters. The lowest BCUT2D eigenvalue weighted by molar-refractivity contribution is -0.152. The quantitative estimate of drug-likeness (QED) is 0.235. The second-order valence-electron chi connectivity index (χ2n) is 20.8. The number of hydrogen-bond acceptors (Lipinski definition) is 9. The van der Waals surface area contributed by atoms with Crippen LogP contribution in [0.4, 0.5) is 0 Å². The van der Waals surface area contributed by atoms with Gasteiger partial charge in [0, 0.05) is 79.0 Å². The first kappa shape index (κ1) is 52.7. The Morgan fingerprint density at radius 2 is 1.19 bits per heavy atom. The highest BCUT2D eigenvalue weighted by atomic mass is 35.5. The maximum Gasteiger partial charge on any atom is 0.328 e. The Kier molecular flexibility index (Phi) is 19.2. The van der Waals surface area contributed by atoms with Crippen LogP contribution in [-0.4, -0.2) is 131 Å². The van der Waals surface area contributed by atoms with Gasteiger partial charge in [0.25, 0.3) is 0 Å². The third-order valence-corrected chi connectivity index (χ3v) is 14.8. The number of carbonyl (C=O) groups is 5. The Hall–Kier alpha value is -2.93. The van der Waals surface area contributed by atoms with Gasteiger partial charge in [-0.3, -0.25) is 24.1 Å². The SMILES string of the molecule is COC(=O)[C@@H]1C[C@H](N(C(=O)C(C)C)C2CCC(C)CC2)CN1.COC(=O)[C@@H]1C[C@H](N(C(=O)C(C)C)C2CCC(C)CC2)CN1C(=O)[C@@H]1CN(C(C)(C)C)C[C@H]1c1ccc(Cl)cc1.Cl. The molecular formula is C49H79Cl2N5O7. The van der Waals surface area contributed by atoms with E-state index < -0.39 is 12.0 Å². The zero-order valence-corrected chi connectivity index (χ0v) is 41.6. The van der Waals surface area contributed by atoms with Crippen molar-refractivity contribution < 1.29 is 33.4 Å². The van der Waals surface area contributed by atoms with Crippen molar-refractivity contribution in [2.24, 2.45) is 29.6 Å². The van der Waals surface area contributed by atoms with Crippen molar-refractivity contribution in [2.75, 3.05) is 40.4 Å². The van der Waals surface area contributed by atoms with Crippen LogP contribution in [-0.2, 0) is 33.4 Å². The third-order valence-electron chi connectivity index (χ3n) is 14.6. The van der Waals surface area contributed by atoms with E-state index in [4.69, 9.17) is 21.1 Å². The van der Waals surface area contributed by atoms with Crippen molar-refractivity contribution in [3.05, 3.63) is 34.9 Å². The normalized spacial score (nSPS) is 30.0. The van der Waals surface area contributed by atoms with Gasteiger partial charge in [-0.15, -0.1) is 12.4 Å². The van der Waals surface area contributed by atoms with Crippen LogP contribution >= 0.6 is 24.0 Å². The second kappa shape index (κ2) is 23.0. The van der Waals surface area contributed by atoms with E-state index >= 15 is 0 Å². The van der Waals surface area contributed by atoms with Gasteiger partial charge in [-0.2, -0.15) is 0 Å². The summed E-state index contributed by atoms with van der Waals surface area (Å²) in [6.07, 6.45) is 9.74. The molecule has 0 radical (unpaired) electrons. The number of methoxy groups -OCH3 is 2. The Morgan fingerprint density at radius 1 is 0.698 bits per heavy atom. The highest BCUT2D eigenvalue weighted by Crippen LogP contribution is 2.40. The minimum atomic E-state index is -0.693. The third kappa shape index (κ3) is 12.9. The monoisotopic (exact) mass is 920 g/mol. The number of rotatable bonds is 10. The molecule has 2 saturated carbocycles. The summed E-state index contributed by atoms with van der Waals surface area (Å²) in [5.74, 6) is 0.617. The molecule has 1 aromatic carbocycles. The topological polar surface area (TPSA) is 129 Å². The summed E-state index contributed by atoms with van der Waals surface area (Å²) in [5.41, 5.74) is 0.973. The van der Waals surface area contributed by atoms with E-state index in [-0.39, 0.29) is 89.5 Å². The van der Waals surface area contributed by atoms with Crippen LogP contribution in [0.3, 0.4) is 0 Å². The highest BCUT2D eigenvalue weighted by Gasteiger charge is 2.51. The highest BCUT2D eigenvalue weighted by molar-refractivity contribution is 6.30. The van der Waals surface area contributed by atoms with Crippen LogP contribution in [0.25, 0.3) is 0 Å². The Bertz CT molecular complexity index is 1690.